The fourth-order valence-corrected chi connectivity index (χ4v) is 7.06. The van der Waals surface area contributed by atoms with Crippen LogP contribution in [0.3, 0.4) is 0 Å². The Kier molecular flexibility index (Phi) is 13.8. The number of allylic oxidation sites excluding steroid dienone is 2. The molecular formula is C40H52N2O14. The minimum absolute atomic E-state index is 0.00857. The number of fused-ring (bicyclic) bond motifs is 14. The summed E-state index contributed by atoms with van der Waals surface area (Å²) in [6, 6.07) is 0. The number of hydrogen-bond acceptors (Lipinski definition) is 15. The number of phenolic OH excluding ortho intramolecular Hbond substituents is 3. The van der Waals surface area contributed by atoms with Crippen LogP contribution in [0.25, 0.3) is 10.8 Å². The summed E-state index contributed by atoms with van der Waals surface area (Å²) in [5.74, 6) is -8.94. The molecular weight excluding hydrogens is 732 g/mol. The van der Waals surface area contributed by atoms with E-state index < -0.39 is 101 Å². The first-order chi connectivity index (χ1) is 26.3. The van der Waals surface area contributed by atoms with Crippen molar-refractivity contribution >= 4 is 40.3 Å². The number of nitrogens with zero attached hydrogens (tertiary/aromatic N) is 1. The van der Waals surface area contributed by atoms with Crippen molar-refractivity contribution in [2.45, 2.75) is 85.6 Å². The van der Waals surface area contributed by atoms with Crippen molar-refractivity contribution < 1.29 is 68.8 Å². The molecule has 0 fully saturated rings. The SMILES string of the molecule is COC1/C=C/OC2(C)Oc3c(C)c(O)c4c(O)c(c(/C=N/OCCO)c(O)c4c3C2=O)NC(=O)C(C)=C/C=C/C(C)C(O)C(C)C(O)C(C)C(OC(C)=O)C1C. The summed E-state index contributed by atoms with van der Waals surface area (Å²) >= 11 is 0. The van der Waals surface area contributed by atoms with Gasteiger partial charge in [-0.2, -0.15) is 0 Å². The molecule has 0 saturated heterocycles. The van der Waals surface area contributed by atoms with Crippen LogP contribution in [0.1, 0.15) is 70.0 Å². The molecule has 3 aliphatic rings. The molecule has 0 aromatic heterocycles. The third-order valence-corrected chi connectivity index (χ3v) is 10.5. The Labute approximate surface area is 324 Å². The molecule has 9 unspecified atom stereocenters. The number of aliphatic hydroxyl groups is 3. The number of ether oxygens (including phenoxy) is 4. The number of amides is 1. The number of methoxy groups -OCH3 is 1. The Morgan fingerprint density at radius 1 is 0.982 bits per heavy atom. The smallest absolute Gasteiger partial charge is 0.312 e. The quantitative estimate of drug-likeness (QED) is 0.0545. The van der Waals surface area contributed by atoms with Crippen LogP contribution in [-0.4, -0.2) is 105 Å². The maximum absolute atomic E-state index is 14.2. The number of esters is 1. The molecule has 16 heteroatoms. The van der Waals surface area contributed by atoms with Crippen LogP contribution in [0.15, 0.2) is 41.3 Å². The van der Waals surface area contributed by atoms with E-state index in [0.29, 0.717) is 0 Å². The number of carbonyl (C=O) groups excluding carboxylic acids is 3. The highest BCUT2D eigenvalue weighted by molar-refractivity contribution is 6.23. The lowest BCUT2D eigenvalue weighted by atomic mass is 9.78. The van der Waals surface area contributed by atoms with Gasteiger partial charge in [0.05, 0.1) is 59.6 Å². The van der Waals surface area contributed by atoms with Gasteiger partial charge in [0.15, 0.2) is 5.75 Å². The summed E-state index contributed by atoms with van der Waals surface area (Å²) in [5.41, 5.74) is -0.836. The molecule has 7 N–H and O–H groups in total. The summed E-state index contributed by atoms with van der Waals surface area (Å²) < 4.78 is 23.4. The standard InChI is InChI=1S/C40H52N2O14/c1-18-11-10-12-19(2)39(51)42-30-25(17-41-54-16-14-43)34(48)27-28(35(30)49)33(47)23(6)37-29(27)38(50)40(8,56-37)53-15-13-26(52-9)20(3)36(55-24(7)44)22(5)32(46)21(4)31(18)45/h10-13,15,17-18,20-22,26,31-32,36,43,45-49H,14,16H2,1-9H3,(H,42,51)/b11-10+,15-13+,19-12?,41-17+. The van der Waals surface area contributed by atoms with Crippen molar-refractivity contribution in [3.8, 4) is 23.0 Å². The van der Waals surface area contributed by atoms with Crippen LogP contribution in [0.5, 0.6) is 23.0 Å². The largest absolute Gasteiger partial charge is 0.507 e. The molecule has 1 amide bonds. The van der Waals surface area contributed by atoms with E-state index in [1.54, 1.807) is 33.8 Å². The molecule has 0 aliphatic carbocycles. The van der Waals surface area contributed by atoms with E-state index in [0.717, 1.165) is 12.5 Å². The van der Waals surface area contributed by atoms with Crippen molar-refractivity contribution in [3.63, 3.8) is 0 Å². The number of anilines is 1. The number of phenols is 3. The highest BCUT2D eigenvalue weighted by Gasteiger charge is 2.50. The number of Topliss-reactive ketones (excluding diaryl/α,β-unsaturated/α-hetero) is 1. The van der Waals surface area contributed by atoms with E-state index >= 15 is 0 Å². The average Bonchev–Trinajstić information content (AvgIpc) is 3.42. The van der Waals surface area contributed by atoms with Gasteiger partial charge in [0.1, 0.15) is 30.0 Å². The highest BCUT2D eigenvalue weighted by Crippen LogP contribution is 2.55. The van der Waals surface area contributed by atoms with Crippen LogP contribution in [0, 0.1) is 30.6 Å². The zero-order chi connectivity index (χ0) is 41.8. The molecule has 3 aliphatic heterocycles. The number of oxime groups is 1. The molecule has 0 radical (unpaired) electrons. The van der Waals surface area contributed by atoms with Gasteiger partial charge in [-0.05, 0) is 19.9 Å². The Balaban J connectivity index is 1.97. The zero-order valence-electron chi connectivity index (χ0n) is 32.9. The number of hydrogen-bond donors (Lipinski definition) is 7. The first kappa shape index (κ1) is 43.6. The highest BCUT2D eigenvalue weighted by atomic mass is 16.7. The van der Waals surface area contributed by atoms with E-state index in [-0.39, 0.29) is 45.4 Å². The lowest BCUT2D eigenvalue weighted by Crippen LogP contribution is -2.46. The van der Waals surface area contributed by atoms with E-state index in [4.69, 9.17) is 28.9 Å². The first-order valence-corrected chi connectivity index (χ1v) is 18.2. The second-order valence-electron chi connectivity index (χ2n) is 14.4. The van der Waals surface area contributed by atoms with E-state index in [1.165, 1.54) is 53.0 Å². The maximum atomic E-state index is 14.2. The maximum Gasteiger partial charge on any atom is 0.312 e. The van der Waals surface area contributed by atoms with Crippen molar-refractivity contribution in [2.75, 3.05) is 25.6 Å². The second-order valence-corrected chi connectivity index (χ2v) is 14.4. The van der Waals surface area contributed by atoms with Crippen LogP contribution in [-0.2, 0) is 28.6 Å². The summed E-state index contributed by atoms with van der Waals surface area (Å²) in [7, 11) is 1.41. The Morgan fingerprint density at radius 2 is 1.66 bits per heavy atom. The molecule has 0 saturated carbocycles. The molecule has 16 nitrogen and oxygen atoms in total. The number of rotatable bonds is 6. The Hall–Kier alpha value is -5.16. The van der Waals surface area contributed by atoms with Crippen molar-refractivity contribution in [3.05, 3.63) is 52.8 Å². The predicted molar refractivity (Wildman–Crippen MR) is 204 cm³/mol. The molecule has 306 valence electrons. The number of benzene rings is 2. The lowest BCUT2D eigenvalue weighted by molar-refractivity contribution is -0.160. The molecule has 2 aromatic rings. The number of nitrogens with one attached hydrogen (secondary N) is 1. The summed E-state index contributed by atoms with van der Waals surface area (Å²) in [6.45, 7) is 11.7. The molecule has 3 heterocycles. The molecule has 5 rings (SSSR count). The number of carbonyl (C=O) groups is 3. The zero-order valence-corrected chi connectivity index (χ0v) is 32.9. The monoisotopic (exact) mass is 784 g/mol. The van der Waals surface area contributed by atoms with Gasteiger partial charge in [0, 0.05) is 61.2 Å². The molecule has 9 atom stereocenters. The molecule has 2 aromatic carbocycles. The summed E-state index contributed by atoms with van der Waals surface area (Å²) in [6.07, 6.45) is 4.24. The van der Waals surface area contributed by atoms with Gasteiger partial charge in [0.25, 0.3) is 11.7 Å². The summed E-state index contributed by atoms with van der Waals surface area (Å²) in [5, 5.41) is 72.3. The van der Waals surface area contributed by atoms with Gasteiger partial charge in [-0.1, -0.05) is 51.1 Å². The van der Waals surface area contributed by atoms with E-state index in [9.17, 15) is 39.9 Å². The van der Waals surface area contributed by atoms with Gasteiger partial charge in [-0.25, -0.2) is 0 Å². The Morgan fingerprint density at radius 3 is 2.29 bits per heavy atom. The number of aromatic hydroxyl groups is 3. The number of ketones is 1. The number of aliphatic hydroxyl groups excluding tert-OH is 3. The van der Waals surface area contributed by atoms with Crippen LogP contribution < -0.4 is 10.1 Å². The van der Waals surface area contributed by atoms with Gasteiger partial charge in [-0.15, -0.1) is 0 Å². The lowest BCUT2D eigenvalue weighted by Gasteiger charge is -2.38. The van der Waals surface area contributed by atoms with E-state index in [1.807, 2.05) is 0 Å². The Bertz CT molecular complexity index is 1950. The third kappa shape index (κ3) is 8.48. The minimum Gasteiger partial charge on any atom is -0.507 e. The topological polar surface area (TPSA) is 243 Å². The van der Waals surface area contributed by atoms with Crippen molar-refractivity contribution in [1.29, 1.82) is 0 Å². The average molecular weight is 785 g/mol. The fraction of sp³-hybridized carbons (Fsp3) is 0.500. The van der Waals surface area contributed by atoms with Gasteiger partial charge in [-0.3, -0.25) is 14.4 Å². The fourth-order valence-electron chi connectivity index (χ4n) is 7.06. The predicted octanol–water partition coefficient (Wildman–Crippen LogP) is 4.10. The van der Waals surface area contributed by atoms with Gasteiger partial charge < -0.3 is 59.7 Å². The van der Waals surface area contributed by atoms with Crippen LogP contribution in [0.4, 0.5) is 5.69 Å². The van der Waals surface area contributed by atoms with Crippen molar-refractivity contribution in [2.24, 2.45) is 28.8 Å². The molecule has 5 bridgehead atoms. The van der Waals surface area contributed by atoms with Gasteiger partial charge >= 0.3 is 11.8 Å². The molecule has 56 heavy (non-hydrogen) atoms. The third-order valence-electron chi connectivity index (χ3n) is 10.5. The second kappa shape index (κ2) is 17.7. The minimum atomic E-state index is -2.08. The molecule has 0 spiro atoms. The first-order valence-electron chi connectivity index (χ1n) is 18.2. The van der Waals surface area contributed by atoms with E-state index in [2.05, 4.69) is 10.5 Å². The van der Waals surface area contributed by atoms with Gasteiger partial charge in [0.2, 0.25) is 0 Å². The van der Waals surface area contributed by atoms with Crippen LogP contribution in [0.2, 0.25) is 0 Å². The van der Waals surface area contributed by atoms with Crippen LogP contribution >= 0.6 is 0 Å². The van der Waals surface area contributed by atoms with Crippen molar-refractivity contribution in [1.82, 2.24) is 0 Å². The normalized spacial score (nSPS) is 30.1. The summed E-state index contributed by atoms with van der Waals surface area (Å²) in [4.78, 5) is 45.0.